The Bertz CT molecular complexity index is 182. The van der Waals surface area contributed by atoms with Crippen LogP contribution in [0.25, 0.3) is 0 Å². The standard InChI is InChI=1S/C9H18N2O2/c1-7(2)10-9(12)8-6-13-5-4-11(8)3/h7-8H,4-6H2,1-3H3,(H,10,12). The first-order valence-corrected chi connectivity index (χ1v) is 4.69. The number of amides is 1. The second-order valence-corrected chi connectivity index (χ2v) is 3.73. The third-order valence-electron chi connectivity index (χ3n) is 2.13. The van der Waals surface area contributed by atoms with Crippen LogP contribution < -0.4 is 5.32 Å². The minimum Gasteiger partial charge on any atom is -0.378 e. The van der Waals surface area contributed by atoms with E-state index in [4.69, 9.17) is 4.74 Å². The molecule has 1 N–H and O–H groups in total. The van der Waals surface area contributed by atoms with Gasteiger partial charge in [0.2, 0.25) is 5.91 Å². The topological polar surface area (TPSA) is 41.6 Å². The van der Waals surface area contributed by atoms with Crippen molar-refractivity contribution in [2.75, 3.05) is 26.8 Å². The number of carbonyl (C=O) groups excluding carboxylic acids is 1. The summed E-state index contributed by atoms with van der Waals surface area (Å²) in [6, 6.07) is 0.0824. The van der Waals surface area contributed by atoms with Gasteiger partial charge in [0, 0.05) is 12.6 Å². The Hall–Kier alpha value is -0.610. The molecule has 13 heavy (non-hydrogen) atoms. The van der Waals surface area contributed by atoms with Gasteiger partial charge in [-0.15, -0.1) is 0 Å². The van der Waals surface area contributed by atoms with Gasteiger partial charge >= 0.3 is 0 Å². The predicted molar refractivity (Wildman–Crippen MR) is 50.5 cm³/mol. The summed E-state index contributed by atoms with van der Waals surface area (Å²) >= 11 is 0. The molecule has 1 saturated heterocycles. The third kappa shape index (κ3) is 2.97. The Morgan fingerprint density at radius 3 is 2.85 bits per heavy atom. The van der Waals surface area contributed by atoms with Crippen LogP contribution in [0.4, 0.5) is 0 Å². The molecule has 1 unspecified atom stereocenters. The fourth-order valence-electron chi connectivity index (χ4n) is 1.34. The maximum Gasteiger partial charge on any atom is 0.239 e. The lowest BCUT2D eigenvalue weighted by molar-refractivity contribution is -0.131. The molecule has 1 amide bonds. The van der Waals surface area contributed by atoms with E-state index in [0.717, 1.165) is 13.2 Å². The minimum atomic E-state index is -0.115. The summed E-state index contributed by atoms with van der Waals surface area (Å²) in [6.07, 6.45) is 0. The molecule has 1 atom stereocenters. The summed E-state index contributed by atoms with van der Waals surface area (Å²) in [6.45, 7) is 5.98. The molecule has 0 saturated carbocycles. The van der Waals surface area contributed by atoms with Crippen LogP contribution >= 0.6 is 0 Å². The lowest BCUT2D eigenvalue weighted by atomic mass is 10.2. The number of rotatable bonds is 2. The Morgan fingerprint density at radius 2 is 2.31 bits per heavy atom. The molecule has 0 bridgehead atoms. The van der Waals surface area contributed by atoms with E-state index >= 15 is 0 Å². The van der Waals surface area contributed by atoms with Gasteiger partial charge in [-0.25, -0.2) is 0 Å². The average Bonchev–Trinajstić information content (AvgIpc) is 2.03. The van der Waals surface area contributed by atoms with E-state index in [2.05, 4.69) is 5.32 Å². The van der Waals surface area contributed by atoms with Gasteiger partial charge in [-0.2, -0.15) is 0 Å². The Morgan fingerprint density at radius 1 is 1.62 bits per heavy atom. The normalized spacial score (nSPS) is 24.8. The first-order valence-electron chi connectivity index (χ1n) is 4.69. The van der Waals surface area contributed by atoms with Crippen LogP contribution in [0.5, 0.6) is 0 Å². The zero-order chi connectivity index (χ0) is 9.84. The largest absolute Gasteiger partial charge is 0.378 e. The number of nitrogens with one attached hydrogen (secondary N) is 1. The number of morpholine rings is 1. The Labute approximate surface area is 79.2 Å². The number of likely N-dealkylation sites (N-methyl/N-ethyl adjacent to an activating group) is 1. The summed E-state index contributed by atoms with van der Waals surface area (Å²) in [5.41, 5.74) is 0. The van der Waals surface area contributed by atoms with E-state index in [1.54, 1.807) is 0 Å². The van der Waals surface area contributed by atoms with Gasteiger partial charge in [0.1, 0.15) is 6.04 Å². The molecule has 0 aliphatic carbocycles. The number of nitrogens with zero attached hydrogens (tertiary/aromatic N) is 1. The second kappa shape index (κ2) is 4.58. The zero-order valence-electron chi connectivity index (χ0n) is 8.54. The SMILES string of the molecule is CC(C)NC(=O)C1COCCN1C. The van der Waals surface area contributed by atoms with Crippen LogP contribution in [0.2, 0.25) is 0 Å². The van der Waals surface area contributed by atoms with Gasteiger partial charge < -0.3 is 10.1 Å². The van der Waals surface area contributed by atoms with Crippen molar-refractivity contribution < 1.29 is 9.53 Å². The van der Waals surface area contributed by atoms with Crippen molar-refractivity contribution in [2.45, 2.75) is 25.9 Å². The molecule has 4 nitrogen and oxygen atoms in total. The van der Waals surface area contributed by atoms with E-state index in [1.807, 2.05) is 25.8 Å². The highest BCUT2D eigenvalue weighted by atomic mass is 16.5. The minimum absolute atomic E-state index is 0.0669. The van der Waals surface area contributed by atoms with Crippen LogP contribution in [0.1, 0.15) is 13.8 Å². The molecule has 1 rings (SSSR count). The van der Waals surface area contributed by atoms with Gasteiger partial charge in [-0.05, 0) is 20.9 Å². The number of hydrogen-bond donors (Lipinski definition) is 1. The molecule has 0 aromatic rings. The van der Waals surface area contributed by atoms with Crippen molar-refractivity contribution in [3.05, 3.63) is 0 Å². The fraction of sp³-hybridized carbons (Fsp3) is 0.889. The summed E-state index contributed by atoms with van der Waals surface area (Å²) in [5.74, 6) is 0.0669. The Kier molecular flexibility index (Phi) is 3.69. The first-order chi connectivity index (χ1) is 6.11. The van der Waals surface area contributed by atoms with Crippen molar-refractivity contribution in [3.8, 4) is 0 Å². The molecule has 0 aromatic heterocycles. The lowest BCUT2D eigenvalue weighted by Crippen LogP contribution is -2.53. The molecule has 1 heterocycles. The maximum atomic E-state index is 11.6. The molecular formula is C9H18N2O2. The van der Waals surface area contributed by atoms with Crippen LogP contribution in [0.15, 0.2) is 0 Å². The third-order valence-corrected chi connectivity index (χ3v) is 2.13. The predicted octanol–water partition coefficient (Wildman–Crippen LogP) is -0.158. The summed E-state index contributed by atoms with van der Waals surface area (Å²) in [5, 5.41) is 2.88. The molecular weight excluding hydrogens is 168 g/mol. The molecule has 76 valence electrons. The summed E-state index contributed by atoms with van der Waals surface area (Å²) < 4.78 is 5.25. The van der Waals surface area contributed by atoms with Crippen molar-refractivity contribution in [2.24, 2.45) is 0 Å². The van der Waals surface area contributed by atoms with Gasteiger partial charge in [0.05, 0.1) is 13.2 Å². The Balaban J connectivity index is 2.44. The first kappa shape index (κ1) is 10.5. The van der Waals surface area contributed by atoms with Gasteiger partial charge in [0.15, 0.2) is 0 Å². The highest BCUT2D eigenvalue weighted by Gasteiger charge is 2.26. The van der Waals surface area contributed by atoms with Gasteiger partial charge in [0.25, 0.3) is 0 Å². The molecule has 1 fully saturated rings. The van der Waals surface area contributed by atoms with E-state index < -0.39 is 0 Å². The molecule has 0 radical (unpaired) electrons. The molecule has 0 spiro atoms. The lowest BCUT2D eigenvalue weighted by Gasteiger charge is -2.31. The van der Waals surface area contributed by atoms with E-state index in [9.17, 15) is 4.79 Å². The van der Waals surface area contributed by atoms with Crippen molar-refractivity contribution in [3.63, 3.8) is 0 Å². The van der Waals surface area contributed by atoms with E-state index in [0.29, 0.717) is 6.61 Å². The van der Waals surface area contributed by atoms with Gasteiger partial charge in [-0.3, -0.25) is 9.69 Å². The molecule has 1 aliphatic heterocycles. The highest BCUT2D eigenvalue weighted by molar-refractivity contribution is 5.82. The number of ether oxygens (including phenoxy) is 1. The molecule has 1 aliphatic rings. The summed E-state index contributed by atoms with van der Waals surface area (Å²) in [7, 11) is 1.95. The monoisotopic (exact) mass is 186 g/mol. The number of carbonyl (C=O) groups is 1. The van der Waals surface area contributed by atoms with Gasteiger partial charge in [-0.1, -0.05) is 0 Å². The number of hydrogen-bond acceptors (Lipinski definition) is 3. The average molecular weight is 186 g/mol. The van der Waals surface area contributed by atoms with Crippen LogP contribution in [-0.2, 0) is 9.53 Å². The smallest absolute Gasteiger partial charge is 0.239 e. The van der Waals surface area contributed by atoms with E-state index in [1.165, 1.54) is 0 Å². The summed E-state index contributed by atoms with van der Waals surface area (Å²) in [4.78, 5) is 13.6. The quantitative estimate of drug-likeness (QED) is 0.651. The van der Waals surface area contributed by atoms with Crippen molar-refractivity contribution >= 4 is 5.91 Å². The van der Waals surface area contributed by atoms with Crippen LogP contribution in [0.3, 0.4) is 0 Å². The molecule has 4 heteroatoms. The maximum absolute atomic E-state index is 11.6. The van der Waals surface area contributed by atoms with E-state index in [-0.39, 0.29) is 18.0 Å². The molecule has 0 aromatic carbocycles. The highest BCUT2D eigenvalue weighted by Crippen LogP contribution is 2.03. The second-order valence-electron chi connectivity index (χ2n) is 3.73. The van der Waals surface area contributed by atoms with Crippen molar-refractivity contribution in [1.29, 1.82) is 0 Å². The van der Waals surface area contributed by atoms with Crippen LogP contribution in [-0.4, -0.2) is 49.7 Å². The van der Waals surface area contributed by atoms with Crippen molar-refractivity contribution in [1.82, 2.24) is 10.2 Å². The fourth-order valence-corrected chi connectivity index (χ4v) is 1.34. The van der Waals surface area contributed by atoms with Crippen LogP contribution in [0, 0.1) is 0 Å². The zero-order valence-corrected chi connectivity index (χ0v) is 8.54.